The molecule has 1 aromatic rings. The molecule has 0 aliphatic carbocycles. The maximum atomic E-state index is 10.5. The van der Waals surface area contributed by atoms with Crippen molar-refractivity contribution in [1.82, 2.24) is 4.90 Å². The van der Waals surface area contributed by atoms with Gasteiger partial charge in [0.1, 0.15) is 5.75 Å². The van der Waals surface area contributed by atoms with Crippen LogP contribution in [0.15, 0.2) is 18.2 Å². The SMILES string of the molecule is CCCCN(CC)CCC(O)c1cc(Cl)ccc1OCC. The Kier molecular flexibility index (Phi) is 8.74. The maximum absolute atomic E-state index is 10.5. The first-order chi connectivity index (χ1) is 10.1. The summed E-state index contributed by atoms with van der Waals surface area (Å²) in [5, 5.41) is 11.1. The Balaban J connectivity index is 2.65. The summed E-state index contributed by atoms with van der Waals surface area (Å²) < 4.78 is 5.58. The lowest BCUT2D eigenvalue weighted by molar-refractivity contribution is 0.139. The van der Waals surface area contributed by atoms with Crippen LogP contribution in [0, 0.1) is 0 Å². The Hall–Kier alpha value is -0.770. The summed E-state index contributed by atoms with van der Waals surface area (Å²) >= 11 is 6.04. The van der Waals surface area contributed by atoms with Crippen molar-refractivity contribution in [2.24, 2.45) is 0 Å². The fourth-order valence-corrected chi connectivity index (χ4v) is 2.52. The van der Waals surface area contributed by atoms with Crippen LogP contribution in [0.25, 0.3) is 0 Å². The highest BCUT2D eigenvalue weighted by atomic mass is 35.5. The van der Waals surface area contributed by atoms with Gasteiger partial charge in [0.2, 0.25) is 0 Å². The van der Waals surface area contributed by atoms with Crippen LogP contribution in [-0.4, -0.2) is 36.2 Å². The third kappa shape index (κ3) is 6.25. The first-order valence-electron chi connectivity index (χ1n) is 7.94. The number of benzene rings is 1. The van der Waals surface area contributed by atoms with Gasteiger partial charge in [0, 0.05) is 17.1 Å². The van der Waals surface area contributed by atoms with Crippen molar-refractivity contribution in [3.63, 3.8) is 0 Å². The fraction of sp³-hybridized carbons (Fsp3) is 0.647. The summed E-state index contributed by atoms with van der Waals surface area (Å²) in [6.45, 7) is 9.87. The predicted molar refractivity (Wildman–Crippen MR) is 89.2 cm³/mol. The van der Waals surface area contributed by atoms with Crippen molar-refractivity contribution in [3.05, 3.63) is 28.8 Å². The van der Waals surface area contributed by atoms with E-state index in [4.69, 9.17) is 16.3 Å². The van der Waals surface area contributed by atoms with Gasteiger partial charge in [-0.15, -0.1) is 0 Å². The quantitative estimate of drug-likeness (QED) is 0.699. The number of unbranched alkanes of at least 4 members (excludes halogenated alkanes) is 1. The van der Waals surface area contributed by atoms with E-state index in [9.17, 15) is 5.11 Å². The summed E-state index contributed by atoms with van der Waals surface area (Å²) in [6, 6.07) is 5.43. The van der Waals surface area contributed by atoms with Crippen LogP contribution in [0.2, 0.25) is 5.02 Å². The van der Waals surface area contributed by atoms with E-state index < -0.39 is 6.10 Å². The smallest absolute Gasteiger partial charge is 0.125 e. The lowest BCUT2D eigenvalue weighted by Crippen LogP contribution is -2.26. The van der Waals surface area contributed by atoms with Gasteiger partial charge in [-0.25, -0.2) is 0 Å². The molecule has 1 N–H and O–H groups in total. The zero-order valence-corrected chi connectivity index (χ0v) is 14.2. The van der Waals surface area contributed by atoms with Gasteiger partial charge >= 0.3 is 0 Å². The number of rotatable bonds is 10. The van der Waals surface area contributed by atoms with E-state index in [0.717, 1.165) is 30.9 Å². The molecule has 1 unspecified atom stereocenters. The number of aliphatic hydroxyl groups is 1. The summed E-state index contributed by atoms with van der Waals surface area (Å²) in [7, 11) is 0. The van der Waals surface area contributed by atoms with Crippen LogP contribution < -0.4 is 4.74 Å². The van der Waals surface area contributed by atoms with E-state index in [1.165, 1.54) is 12.8 Å². The van der Waals surface area contributed by atoms with E-state index in [1.54, 1.807) is 12.1 Å². The molecule has 0 spiro atoms. The van der Waals surface area contributed by atoms with Gasteiger partial charge in [-0.3, -0.25) is 0 Å². The fourth-order valence-electron chi connectivity index (χ4n) is 2.34. The highest BCUT2D eigenvalue weighted by Gasteiger charge is 2.15. The maximum Gasteiger partial charge on any atom is 0.125 e. The Bertz CT molecular complexity index is 412. The molecule has 1 rings (SSSR count). The van der Waals surface area contributed by atoms with Crippen molar-refractivity contribution < 1.29 is 9.84 Å². The normalized spacial score (nSPS) is 12.7. The number of aliphatic hydroxyl groups excluding tert-OH is 1. The molecular weight excluding hydrogens is 286 g/mol. The Labute approximate surface area is 133 Å². The molecule has 0 heterocycles. The molecular formula is C17H28ClNO2. The highest BCUT2D eigenvalue weighted by Crippen LogP contribution is 2.30. The van der Waals surface area contributed by atoms with E-state index in [1.807, 2.05) is 13.0 Å². The predicted octanol–water partition coefficient (Wildman–Crippen LogP) is 4.28. The van der Waals surface area contributed by atoms with Crippen molar-refractivity contribution >= 4 is 11.6 Å². The molecule has 0 aromatic heterocycles. The summed E-state index contributed by atoms with van der Waals surface area (Å²) in [5.74, 6) is 0.728. The molecule has 120 valence electrons. The average molecular weight is 314 g/mol. The number of ether oxygens (including phenoxy) is 1. The lowest BCUT2D eigenvalue weighted by Gasteiger charge is -2.22. The molecule has 1 aromatic carbocycles. The second kappa shape index (κ2) is 10.0. The first kappa shape index (κ1) is 18.3. The monoisotopic (exact) mass is 313 g/mol. The number of hydrogen-bond donors (Lipinski definition) is 1. The van der Waals surface area contributed by atoms with E-state index >= 15 is 0 Å². The van der Waals surface area contributed by atoms with E-state index in [-0.39, 0.29) is 0 Å². The van der Waals surface area contributed by atoms with Crippen LogP contribution >= 0.6 is 11.6 Å². The van der Waals surface area contributed by atoms with Crippen molar-refractivity contribution in [1.29, 1.82) is 0 Å². The van der Waals surface area contributed by atoms with Crippen LogP contribution in [0.5, 0.6) is 5.75 Å². The topological polar surface area (TPSA) is 32.7 Å². The van der Waals surface area contributed by atoms with Crippen LogP contribution in [0.1, 0.15) is 51.7 Å². The molecule has 0 aliphatic rings. The number of nitrogens with zero attached hydrogens (tertiary/aromatic N) is 1. The Morgan fingerprint density at radius 2 is 2.00 bits per heavy atom. The zero-order valence-electron chi connectivity index (χ0n) is 13.4. The second-order valence-electron chi connectivity index (χ2n) is 5.21. The summed E-state index contributed by atoms with van der Waals surface area (Å²) in [5.41, 5.74) is 0.788. The summed E-state index contributed by atoms with van der Waals surface area (Å²) in [6.07, 6.45) is 2.55. The van der Waals surface area contributed by atoms with Crippen molar-refractivity contribution in [2.75, 3.05) is 26.2 Å². The number of halogens is 1. The molecule has 0 radical (unpaired) electrons. The van der Waals surface area contributed by atoms with E-state index in [2.05, 4.69) is 18.7 Å². The van der Waals surface area contributed by atoms with Crippen LogP contribution in [-0.2, 0) is 0 Å². The minimum Gasteiger partial charge on any atom is -0.493 e. The molecule has 0 saturated heterocycles. The second-order valence-corrected chi connectivity index (χ2v) is 5.64. The Morgan fingerprint density at radius 3 is 2.62 bits per heavy atom. The third-order valence-corrected chi connectivity index (χ3v) is 3.86. The minimum atomic E-state index is -0.541. The van der Waals surface area contributed by atoms with Gasteiger partial charge in [-0.05, 0) is 51.1 Å². The van der Waals surface area contributed by atoms with Gasteiger partial charge in [-0.2, -0.15) is 0 Å². The standard InChI is InChI=1S/C17H28ClNO2/c1-4-7-11-19(5-2)12-10-16(20)15-13-14(18)8-9-17(15)21-6-3/h8-9,13,16,20H,4-7,10-12H2,1-3H3. The molecule has 4 heteroatoms. The zero-order chi connectivity index (χ0) is 15.7. The Morgan fingerprint density at radius 1 is 1.24 bits per heavy atom. The molecule has 0 fully saturated rings. The molecule has 3 nitrogen and oxygen atoms in total. The van der Waals surface area contributed by atoms with Crippen molar-refractivity contribution in [2.45, 2.75) is 46.1 Å². The molecule has 1 atom stereocenters. The average Bonchev–Trinajstić information content (AvgIpc) is 2.49. The number of hydrogen-bond acceptors (Lipinski definition) is 3. The highest BCUT2D eigenvalue weighted by molar-refractivity contribution is 6.30. The van der Waals surface area contributed by atoms with Crippen LogP contribution in [0.4, 0.5) is 0 Å². The largest absolute Gasteiger partial charge is 0.493 e. The molecule has 0 amide bonds. The summed E-state index contributed by atoms with van der Waals surface area (Å²) in [4.78, 5) is 2.37. The van der Waals surface area contributed by atoms with E-state index in [0.29, 0.717) is 18.1 Å². The molecule has 0 bridgehead atoms. The molecule has 0 saturated carbocycles. The van der Waals surface area contributed by atoms with Gasteiger partial charge in [0.25, 0.3) is 0 Å². The molecule has 21 heavy (non-hydrogen) atoms. The van der Waals surface area contributed by atoms with Crippen molar-refractivity contribution in [3.8, 4) is 5.75 Å². The first-order valence-corrected chi connectivity index (χ1v) is 8.32. The lowest BCUT2D eigenvalue weighted by atomic mass is 10.0. The third-order valence-electron chi connectivity index (χ3n) is 3.62. The minimum absolute atomic E-state index is 0.541. The van der Waals surface area contributed by atoms with Gasteiger partial charge in [0.05, 0.1) is 12.7 Å². The van der Waals surface area contributed by atoms with Gasteiger partial charge < -0.3 is 14.7 Å². The van der Waals surface area contributed by atoms with Crippen LogP contribution in [0.3, 0.4) is 0 Å². The van der Waals surface area contributed by atoms with Gasteiger partial charge in [-0.1, -0.05) is 31.9 Å². The van der Waals surface area contributed by atoms with Gasteiger partial charge in [0.15, 0.2) is 0 Å². The molecule has 0 aliphatic heterocycles.